The molecule has 29 heavy (non-hydrogen) atoms. The van der Waals surface area contributed by atoms with E-state index in [1.807, 2.05) is 6.20 Å². The average Bonchev–Trinajstić information content (AvgIpc) is 3.07. The molecular weight excluding hydrogens is 354 g/mol. The third-order valence-electron chi connectivity index (χ3n) is 6.00. The maximum atomic E-state index is 4.89. The third-order valence-corrected chi connectivity index (χ3v) is 6.00. The van der Waals surface area contributed by atoms with Crippen LogP contribution in [0.15, 0.2) is 85.1 Å². The first-order chi connectivity index (χ1) is 14.3. The predicted molar refractivity (Wildman–Crippen MR) is 119 cm³/mol. The molecule has 0 radical (unpaired) electrons. The fraction of sp³-hybridized carbons (Fsp3) is 0.0769. The Morgan fingerprint density at radius 2 is 1.52 bits per heavy atom. The van der Waals surface area contributed by atoms with Gasteiger partial charge in [-0.25, -0.2) is 4.57 Å². The number of aromatic nitrogens is 3. The molecule has 0 bridgehead atoms. The highest BCUT2D eigenvalue weighted by molar-refractivity contribution is 6.16. The summed E-state index contributed by atoms with van der Waals surface area (Å²) in [5.41, 5.74) is 9.53. The van der Waals surface area contributed by atoms with Gasteiger partial charge in [-0.1, -0.05) is 54.6 Å². The van der Waals surface area contributed by atoms with E-state index in [2.05, 4.69) is 102 Å². The standard InChI is InChI=1S/C26H20N3/c1-17-15-16-27-25-23(17)26-28(2)20-12-6-7-13-21(20)29(26)22-14-8-11-19(24(22)25)18-9-4-3-5-10-18/h3-16H,1-2H3/q+1. The number of benzene rings is 3. The Labute approximate surface area is 168 Å². The van der Waals surface area contributed by atoms with E-state index in [9.17, 15) is 0 Å². The van der Waals surface area contributed by atoms with Gasteiger partial charge in [-0.05, 0) is 47.9 Å². The molecular formula is C26H20N3+. The Balaban J connectivity index is 2.00. The lowest BCUT2D eigenvalue weighted by Crippen LogP contribution is -2.27. The summed E-state index contributed by atoms with van der Waals surface area (Å²) in [6, 6.07) is 27.9. The van der Waals surface area contributed by atoms with Crippen molar-refractivity contribution < 1.29 is 4.57 Å². The second-order valence-electron chi connectivity index (χ2n) is 7.62. The van der Waals surface area contributed by atoms with E-state index in [4.69, 9.17) is 4.98 Å². The van der Waals surface area contributed by atoms with Crippen LogP contribution in [0.25, 0.3) is 49.6 Å². The first kappa shape index (κ1) is 16.3. The molecule has 0 aliphatic heterocycles. The number of fused-ring (bicyclic) bond motifs is 8. The van der Waals surface area contributed by atoms with E-state index in [-0.39, 0.29) is 0 Å². The highest BCUT2D eigenvalue weighted by atomic mass is 15.1. The molecule has 3 nitrogen and oxygen atoms in total. The third kappa shape index (κ3) is 2.13. The fourth-order valence-corrected chi connectivity index (χ4v) is 4.70. The lowest BCUT2D eigenvalue weighted by atomic mass is 9.97. The van der Waals surface area contributed by atoms with Gasteiger partial charge >= 0.3 is 0 Å². The first-order valence-corrected chi connectivity index (χ1v) is 9.90. The van der Waals surface area contributed by atoms with Gasteiger partial charge in [0.2, 0.25) is 0 Å². The molecule has 0 saturated carbocycles. The Morgan fingerprint density at radius 1 is 0.759 bits per heavy atom. The van der Waals surface area contributed by atoms with E-state index in [0.717, 1.165) is 5.52 Å². The van der Waals surface area contributed by atoms with Crippen LogP contribution in [-0.4, -0.2) is 9.38 Å². The topological polar surface area (TPSA) is 21.2 Å². The SMILES string of the molecule is Cc1ccnc2c3c(-c4ccccc4)cccc3n3c4ccccc4[n+](C)c3c12. The normalized spacial score (nSPS) is 11.8. The van der Waals surface area contributed by atoms with Crippen molar-refractivity contribution >= 4 is 38.5 Å². The Morgan fingerprint density at radius 3 is 2.38 bits per heavy atom. The number of para-hydroxylation sites is 2. The van der Waals surface area contributed by atoms with Crippen molar-refractivity contribution in [1.82, 2.24) is 9.38 Å². The zero-order chi connectivity index (χ0) is 19.5. The van der Waals surface area contributed by atoms with Crippen molar-refractivity contribution in [2.24, 2.45) is 7.05 Å². The zero-order valence-corrected chi connectivity index (χ0v) is 16.4. The molecule has 0 spiro atoms. The van der Waals surface area contributed by atoms with Crippen LogP contribution in [0.5, 0.6) is 0 Å². The molecule has 6 rings (SSSR count). The number of nitrogens with zero attached hydrogens (tertiary/aromatic N) is 3. The van der Waals surface area contributed by atoms with Crippen LogP contribution >= 0.6 is 0 Å². The van der Waals surface area contributed by atoms with Gasteiger partial charge in [0.1, 0.15) is 5.52 Å². The molecule has 0 N–H and O–H groups in total. The molecule has 3 heteroatoms. The largest absolute Gasteiger partial charge is 0.297 e. The van der Waals surface area contributed by atoms with Gasteiger partial charge in [0, 0.05) is 6.20 Å². The van der Waals surface area contributed by atoms with Crippen molar-refractivity contribution in [3.63, 3.8) is 0 Å². The molecule has 0 unspecified atom stereocenters. The molecule has 6 aromatic rings. The number of rotatable bonds is 1. The number of pyridine rings is 2. The minimum absolute atomic E-state index is 1.06. The minimum Gasteiger partial charge on any atom is -0.255 e. The fourth-order valence-electron chi connectivity index (χ4n) is 4.70. The summed E-state index contributed by atoms with van der Waals surface area (Å²) in [5.74, 6) is 0. The smallest absolute Gasteiger partial charge is 0.255 e. The highest BCUT2D eigenvalue weighted by Crippen LogP contribution is 2.37. The lowest BCUT2D eigenvalue weighted by Gasteiger charge is -2.10. The van der Waals surface area contributed by atoms with E-state index in [1.165, 1.54) is 49.7 Å². The van der Waals surface area contributed by atoms with Gasteiger partial charge in [0.15, 0.2) is 11.0 Å². The summed E-state index contributed by atoms with van der Waals surface area (Å²) >= 11 is 0. The van der Waals surface area contributed by atoms with Crippen LogP contribution in [0.4, 0.5) is 0 Å². The van der Waals surface area contributed by atoms with Gasteiger partial charge in [-0.2, -0.15) is 4.40 Å². The molecule has 3 heterocycles. The summed E-state index contributed by atoms with van der Waals surface area (Å²) < 4.78 is 4.69. The molecule has 0 saturated heterocycles. The summed E-state index contributed by atoms with van der Waals surface area (Å²) in [5, 5.41) is 2.41. The number of hydrogen-bond donors (Lipinski definition) is 0. The van der Waals surface area contributed by atoms with Gasteiger partial charge in [0.05, 0.1) is 23.3 Å². The molecule has 138 valence electrons. The summed E-state index contributed by atoms with van der Waals surface area (Å²) in [4.78, 5) is 4.89. The van der Waals surface area contributed by atoms with Crippen molar-refractivity contribution in [2.75, 3.05) is 0 Å². The van der Waals surface area contributed by atoms with E-state index in [1.54, 1.807) is 0 Å². The molecule has 0 amide bonds. The molecule has 0 fully saturated rings. The van der Waals surface area contributed by atoms with Crippen LogP contribution in [-0.2, 0) is 7.05 Å². The van der Waals surface area contributed by atoms with Crippen LogP contribution in [0.2, 0.25) is 0 Å². The van der Waals surface area contributed by atoms with Crippen molar-refractivity contribution in [2.45, 2.75) is 6.92 Å². The summed E-state index contributed by atoms with van der Waals surface area (Å²) in [6.07, 6.45) is 1.93. The summed E-state index contributed by atoms with van der Waals surface area (Å²) in [6.45, 7) is 2.18. The van der Waals surface area contributed by atoms with Gasteiger partial charge < -0.3 is 0 Å². The monoisotopic (exact) mass is 374 g/mol. The Kier molecular flexibility index (Phi) is 3.30. The van der Waals surface area contributed by atoms with Gasteiger partial charge in [0.25, 0.3) is 5.65 Å². The molecule has 0 aliphatic carbocycles. The van der Waals surface area contributed by atoms with Crippen LogP contribution in [0, 0.1) is 6.92 Å². The molecule has 3 aromatic carbocycles. The van der Waals surface area contributed by atoms with E-state index >= 15 is 0 Å². The second-order valence-corrected chi connectivity index (χ2v) is 7.62. The number of hydrogen-bond acceptors (Lipinski definition) is 1. The molecule has 0 atom stereocenters. The Bertz CT molecular complexity index is 1560. The molecule has 0 aliphatic rings. The zero-order valence-electron chi connectivity index (χ0n) is 16.4. The quantitative estimate of drug-likeness (QED) is 0.271. The first-order valence-electron chi connectivity index (χ1n) is 9.90. The predicted octanol–water partition coefficient (Wildman–Crippen LogP) is 5.59. The van der Waals surface area contributed by atoms with Gasteiger partial charge in [-0.15, -0.1) is 0 Å². The molecule has 3 aromatic heterocycles. The summed E-state index contributed by atoms with van der Waals surface area (Å²) in [7, 11) is 2.15. The highest BCUT2D eigenvalue weighted by Gasteiger charge is 2.25. The average molecular weight is 374 g/mol. The van der Waals surface area contributed by atoms with E-state index < -0.39 is 0 Å². The minimum atomic E-state index is 1.06. The number of imidazole rings is 1. The van der Waals surface area contributed by atoms with Crippen molar-refractivity contribution in [3.05, 3.63) is 90.6 Å². The number of aryl methyl sites for hydroxylation is 2. The van der Waals surface area contributed by atoms with Crippen LogP contribution in [0.3, 0.4) is 0 Å². The van der Waals surface area contributed by atoms with Crippen LogP contribution in [0.1, 0.15) is 5.56 Å². The van der Waals surface area contributed by atoms with Crippen LogP contribution < -0.4 is 4.57 Å². The van der Waals surface area contributed by atoms with Crippen molar-refractivity contribution in [1.29, 1.82) is 0 Å². The van der Waals surface area contributed by atoms with E-state index in [0.29, 0.717) is 0 Å². The Hall–Kier alpha value is -3.72. The van der Waals surface area contributed by atoms with Gasteiger partial charge in [-0.3, -0.25) is 4.98 Å². The second kappa shape index (κ2) is 5.89. The maximum absolute atomic E-state index is 4.89. The lowest BCUT2D eigenvalue weighted by molar-refractivity contribution is -0.617. The maximum Gasteiger partial charge on any atom is 0.297 e. The van der Waals surface area contributed by atoms with Crippen molar-refractivity contribution in [3.8, 4) is 11.1 Å².